The van der Waals surface area contributed by atoms with E-state index in [2.05, 4.69) is 0 Å². The lowest BCUT2D eigenvalue weighted by Gasteiger charge is -2.62. The Balaban J connectivity index is 1.84. The van der Waals surface area contributed by atoms with Crippen molar-refractivity contribution in [3.63, 3.8) is 0 Å². The third-order valence-electron chi connectivity index (χ3n) is 7.92. The van der Waals surface area contributed by atoms with Crippen LogP contribution < -0.4 is 0 Å². The number of rotatable bonds is 1. The number of carboxylic acids is 1. The van der Waals surface area contributed by atoms with E-state index in [0.717, 1.165) is 6.08 Å². The van der Waals surface area contributed by atoms with E-state index in [1.807, 2.05) is 0 Å². The van der Waals surface area contributed by atoms with E-state index in [4.69, 9.17) is 0 Å². The third kappa shape index (κ3) is 1.91. The first-order chi connectivity index (χ1) is 12.1. The predicted molar refractivity (Wildman–Crippen MR) is 89.8 cm³/mol. The number of allylic oxidation sites excluding steroid dienone is 4. The highest BCUT2D eigenvalue weighted by Crippen LogP contribution is 2.69. The zero-order valence-electron chi connectivity index (χ0n) is 14.9. The molecule has 0 aromatic rings. The molecule has 6 heteroatoms. The number of halogens is 2. The normalized spacial score (nSPS) is 52.7. The highest BCUT2D eigenvalue weighted by molar-refractivity contribution is 6.01. The molecule has 142 valence electrons. The lowest BCUT2D eigenvalue weighted by Crippen LogP contribution is -2.68. The minimum Gasteiger partial charge on any atom is -0.481 e. The summed E-state index contributed by atoms with van der Waals surface area (Å²) in [5, 5.41) is 20.5. The van der Waals surface area contributed by atoms with Gasteiger partial charge in [-0.1, -0.05) is 13.0 Å². The quantitative estimate of drug-likeness (QED) is 0.748. The van der Waals surface area contributed by atoms with Crippen LogP contribution in [0.4, 0.5) is 8.78 Å². The fourth-order valence-electron chi connectivity index (χ4n) is 6.61. The van der Waals surface area contributed by atoms with E-state index < -0.39 is 46.6 Å². The Morgan fingerprint density at radius 1 is 1.27 bits per heavy atom. The van der Waals surface area contributed by atoms with Crippen molar-refractivity contribution in [2.75, 3.05) is 0 Å². The number of hydrogen-bond acceptors (Lipinski definition) is 3. The summed E-state index contributed by atoms with van der Waals surface area (Å²) in [6.45, 7) is 3.35. The van der Waals surface area contributed by atoms with Crippen molar-refractivity contribution in [3.8, 4) is 0 Å². The summed E-state index contributed by atoms with van der Waals surface area (Å²) < 4.78 is 31.6. The second-order valence-electron chi connectivity index (χ2n) is 8.92. The summed E-state index contributed by atoms with van der Waals surface area (Å²) in [4.78, 5) is 23.4. The maximum absolute atomic E-state index is 16.6. The van der Waals surface area contributed by atoms with Gasteiger partial charge in [0.2, 0.25) is 0 Å². The molecule has 0 radical (unpaired) electrons. The van der Waals surface area contributed by atoms with Gasteiger partial charge in [-0.15, -0.1) is 0 Å². The van der Waals surface area contributed by atoms with E-state index in [9.17, 15) is 19.8 Å². The van der Waals surface area contributed by atoms with Crippen LogP contribution >= 0.6 is 0 Å². The van der Waals surface area contributed by atoms with Crippen molar-refractivity contribution in [3.05, 3.63) is 23.8 Å². The molecule has 0 amide bonds. The number of carbonyl (C=O) groups is 2. The smallest absolute Gasteiger partial charge is 0.307 e. The summed E-state index contributed by atoms with van der Waals surface area (Å²) in [6.07, 6.45) is 1.77. The van der Waals surface area contributed by atoms with Crippen molar-refractivity contribution >= 4 is 11.8 Å². The Bertz CT molecular complexity index is 746. The molecule has 0 aliphatic heterocycles. The summed E-state index contributed by atoms with van der Waals surface area (Å²) >= 11 is 0. The van der Waals surface area contributed by atoms with Gasteiger partial charge < -0.3 is 10.2 Å². The molecule has 0 heterocycles. The lowest BCUT2D eigenvalue weighted by atomic mass is 9.45. The average Bonchev–Trinajstić information content (AvgIpc) is 2.89. The summed E-state index contributed by atoms with van der Waals surface area (Å²) in [5.74, 6) is -3.05. The van der Waals surface area contributed by atoms with E-state index in [0.29, 0.717) is 12.8 Å². The Hall–Kier alpha value is -1.56. The molecule has 0 bridgehead atoms. The van der Waals surface area contributed by atoms with Crippen LogP contribution in [0.25, 0.3) is 0 Å². The SMILES string of the molecule is C[C@@]12C[C@H](O)[C@@]3(F)[C@@H](C[C@@H](F)C4=CC(=O)C=C[C@@]43C)[C@@H]1CC[C@@H]2C(=O)O. The fraction of sp³-hybridized carbons (Fsp3) is 0.700. The van der Waals surface area contributed by atoms with Crippen molar-refractivity contribution in [2.24, 2.45) is 28.6 Å². The van der Waals surface area contributed by atoms with Crippen LogP contribution in [0.3, 0.4) is 0 Å². The van der Waals surface area contributed by atoms with Gasteiger partial charge in [-0.2, -0.15) is 0 Å². The third-order valence-corrected chi connectivity index (χ3v) is 7.92. The van der Waals surface area contributed by atoms with Gasteiger partial charge >= 0.3 is 5.97 Å². The second-order valence-corrected chi connectivity index (χ2v) is 8.92. The number of alkyl halides is 2. The minimum atomic E-state index is -2.11. The molecule has 0 saturated heterocycles. The molecule has 4 rings (SSSR count). The van der Waals surface area contributed by atoms with Crippen molar-refractivity contribution in [1.82, 2.24) is 0 Å². The van der Waals surface area contributed by atoms with Crippen LogP contribution in [0, 0.1) is 28.6 Å². The average molecular weight is 366 g/mol. The number of aliphatic hydroxyl groups is 1. The molecule has 4 aliphatic rings. The molecular formula is C20H24F2O4. The topological polar surface area (TPSA) is 74.6 Å². The number of hydrogen-bond donors (Lipinski definition) is 2. The van der Waals surface area contributed by atoms with Gasteiger partial charge in [-0.05, 0) is 61.7 Å². The summed E-state index contributed by atoms with van der Waals surface area (Å²) in [6, 6.07) is 0. The maximum atomic E-state index is 16.6. The van der Waals surface area contributed by atoms with Crippen molar-refractivity contribution < 1.29 is 28.6 Å². The second kappa shape index (κ2) is 5.24. The number of aliphatic hydroxyl groups excluding tert-OH is 1. The zero-order chi connectivity index (χ0) is 19.1. The van der Waals surface area contributed by atoms with Crippen LogP contribution in [-0.4, -0.2) is 39.9 Å². The van der Waals surface area contributed by atoms with Crippen LogP contribution in [-0.2, 0) is 9.59 Å². The van der Waals surface area contributed by atoms with Crippen molar-refractivity contribution in [1.29, 1.82) is 0 Å². The number of ketones is 1. The monoisotopic (exact) mass is 366 g/mol. The molecule has 26 heavy (non-hydrogen) atoms. The zero-order valence-corrected chi connectivity index (χ0v) is 14.9. The largest absolute Gasteiger partial charge is 0.481 e. The molecule has 4 aliphatic carbocycles. The predicted octanol–water partition coefficient (Wildman–Crippen LogP) is 3.01. The minimum absolute atomic E-state index is 0.0310. The van der Waals surface area contributed by atoms with Gasteiger partial charge in [-0.25, -0.2) is 8.78 Å². The molecule has 0 unspecified atom stereocenters. The molecule has 0 aromatic heterocycles. The number of carbonyl (C=O) groups excluding carboxylic acids is 1. The molecule has 8 atom stereocenters. The van der Waals surface area contributed by atoms with Crippen LogP contribution in [0.2, 0.25) is 0 Å². The lowest BCUT2D eigenvalue weighted by molar-refractivity contribution is -0.204. The van der Waals surface area contributed by atoms with Crippen LogP contribution in [0.5, 0.6) is 0 Å². The van der Waals surface area contributed by atoms with Gasteiger partial charge in [0.25, 0.3) is 0 Å². The number of carboxylic acid groups (broad SMARTS) is 1. The Morgan fingerprint density at radius 2 is 1.96 bits per heavy atom. The van der Waals surface area contributed by atoms with E-state index in [-0.39, 0.29) is 30.1 Å². The van der Waals surface area contributed by atoms with Gasteiger partial charge in [0.1, 0.15) is 6.17 Å². The highest BCUT2D eigenvalue weighted by Gasteiger charge is 2.72. The Morgan fingerprint density at radius 3 is 2.62 bits per heavy atom. The molecule has 3 fully saturated rings. The highest BCUT2D eigenvalue weighted by atomic mass is 19.1. The molecule has 0 aromatic carbocycles. The first kappa shape index (κ1) is 17.8. The van der Waals surface area contributed by atoms with E-state index in [1.165, 1.54) is 12.2 Å². The standard InChI is InChI=1S/C20H24F2O4/c1-18-9-16(24)20(22)13(11(18)3-4-12(18)17(25)26)8-15(21)14-7-10(23)5-6-19(14,20)2/h5-7,11-13,15-16,24H,3-4,8-9H2,1-2H3,(H,25,26)/t11-,12+,13-,15+,16-,18+,19-,20-/m0/s1. The first-order valence-electron chi connectivity index (χ1n) is 9.25. The van der Waals surface area contributed by atoms with Crippen LogP contribution in [0.15, 0.2) is 23.8 Å². The van der Waals surface area contributed by atoms with Gasteiger partial charge in [0.05, 0.1) is 12.0 Å². The summed E-state index contributed by atoms with van der Waals surface area (Å²) in [5.41, 5.74) is -4.17. The first-order valence-corrected chi connectivity index (χ1v) is 9.25. The van der Waals surface area contributed by atoms with Crippen molar-refractivity contribution in [2.45, 2.75) is 57.5 Å². The van der Waals surface area contributed by atoms with Crippen LogP contribution in [0.1, 0.15) is 39.5 Å². The molecule has 2 N–H and O–H groups in total. The maximum Gasteiger partial charge on any atom is 0.307 e. The fourth-order valence-corrected chi connectivity index (χ4v) is 6.61. The number of fused-ring (bicyclic) bond motifs is 5. The molecule has 0 spiro atoms. The Kier molecular flexibility index (Phi) is 3.60. The van der Waals surface area contributed by atoms with Gasteiger partial charge in [0.15, 0.2) is 11.5 Å². The summed E-state index contributed by atoms with van der Waals surface area (Å²) in [7, 11) is 0. The van der Waals surface area contributed by atoms with Gasteiger partial charge in [0, 0.05) is 11.3 Å². The van der Waals surface area contributed by atoms with E-state index in [1.54, 1.807) is 13.8 Å². The van der Waals surface area contributed by atoms with E-state index >= 15 is 8.78 Å². The van der Waals surface area contributed by atoms with Gasteiger partial charge in [-0.3, -0.25) is 9.59 Å². The molecule has 3 saturated carbocycles. The Labute approximate surface area is 151 Å². The molecule has 4 nitrogen and oxygen atoms in total. The number of aliphatic carboxylic acids is 1. The molecular weight excluding hydrogens is 342 g/mol.